The summed E-state index contributed by atoms with van der Waals surface area (Å²) in [4.78, 5) is 50.1. The molecule has 0 saturated carbocycles. The zero-order valence-electron chi connectivity index (χ0n) is 20.7. The molecule has 1 N–H and O–H groups in total. The number of hydrogen-bond donors (Lipinski definition) is 1. The Morgan fingerprint density at radius 2 is 2.17 bits per heavy atom. The fourth-order valence-corrected chi connectivity index (χ4v) is 3.58. The van der Waals surface area contributed by atoms with Crippen LogP contribution in [0, 0.1) is 11.3 Å². The molecule has 0 radical (unpaired) electrons. The zero-order chi connectivity index (χ0) is 26.2. The molecule has 12 nitrogen and oxygen atoms in total. The number of hydrogen-bond acceptors (Lipinski definition) is 9. The van der Waals surface area contributed by atoms with E-state index in [1.165, 1.54) is 24.2 Å². The largest absolute Gasteiger partial charge is 0.487 e. The number of carbonyl (C=O) groups is 3. The molecule has 36 heavy (non-hydrogen) atoms. The predicted molar refractivity (Wildman–Crippen MR) is 131 cm³/mol. The van der Waals surface area contributed by atoms with Crippen LogP contribution < -0.4 is 15.0 Å². The molecule has 0 spiro atoms. The van der Waals surface area contributed by atoms with E-state index in [0.29, 0.717) is 31.5 Å². The minimum Gasteiger partial charge on any atom is -0.487 e. The molecule has 1 atom stereocenters. The molecule has 0 aliphatic carbocycles. The van der Waals surface area contributed by atoms with Gasteiger partial charge in [-0.25, -0.2) is 14.8 Å². The minimum absolute atomic E-state index is 0.0175. The average molecular weight is 496 g/mol. The highest BCUT2D eigenvalue weighted by molar-refractivity contribution is 6.00. The van der Waals surface area contributed by atoms with Crippen molar-refractivity contribution in [3.8, 4) is 11.8 Å². The lowest BCUT2D eigenvalue weighted by Gasteiger charge is -2.32. The zero-order valence-corrected chi connectivity index (χ0v) is 20.7. The summed E-state index contributed by atoms with van der Waals surface area (Å²) < 4.78 is 10.8. The lowest BCUT2D eigenvalue weighted by atomic mass is 10.1. The van der Waals surface area contributed by atoms with E-state index in [4.69, 9.17) is 9.47 Å². The Morgan fingerprint density at radius 1 is 1.39 bits per heavy atom. The van der Waals surface area contributed by atoms with Gasteiger partial charge in [0.15, 0.2) is 6.29 Å². The van der Waals surface area contributed by atoms with Crippen molar-refractivity contribution in [3.63, 3.8) is 0 Å². The number of rotatable bonds is 9. The summed E-state index contributed by atoms with van der Waals surface area (Å²) in [6.07, 6.45) is 1.60. The third-order valence-electron chi connectivity index (χ3n) is 5.58. The van der Waals surface area contributed by atoms with Gasteiger partial charge in [0.25, 0.3) is 0 Å². The van der Waals surface area contributed by atoms with E-state index in [1.807, 2.05) is 18.0 Å². The number of likely N-dealkylation sites (N-methyl/N-ethyl adjacent to an activating group) is 1. The summed E-state index contributed by atoms with van der Waals surface area (Å²) in [6, 6.07) is 6.19. The van der Waals surface area contributed by atoms with Crippen LogP contribution in [-0.2, 0) is 16.1 Å². The number of carbonyl (C=O) groups excluding carboxylic acids is 3. The van der Waals surface area contributed by atoms with Crippen molar-refractivity contribution in [2.75, 3.05) is 57.7 Å². The number of nitrogens with one attached hydrogen (secondary N) is 1. The molecule has 1 saturated heterocycles. The van der Waals surface area contributed by atoms with Gasteiger partial charge >= 0.3 is 6.03 Å². The number of urea groups is 1. The lowest BCUT2D eigenvalue weighted by molar-refractivity contribution is -0.136. The van der Waals surface area contributed by atoms with Gasteiger partial charge in [-0.3, -0.25) is 24.7 Å². The van der Waals surface area contributed by atoms with Gasteiger partial charge in [-0.15, -0.1) is 0 Å². The molecule has 2 aromatic rings. The second kappa shape index (κ2) is 12.1. The summed E-state index contributed by atoms with van der Waals surface area (Å²) in [5.74, 6) is 0.656. The number of piperazine rings is 1. The van der Waals surface area contributed by atoms with E-state index in [0.717, 1.165) is 6.54 Å². The average Bonchev–Trinajstić information content (AvgIpc) is 2.85. The molecule has 0 bridgehead atoms. The predicted octanol–water partition coefficient (Wildman–Crippen LogP) is 1.52. The fraction of sp³-hybridized carbons (Fsp3) is 0.417. The Kier molecular flexibility index (Phi) is 8.88. The monoisotopic (exact) mass is 495 g/mol. The van der Waals surface area contributed by atoms with Gasteiger partial charge in [0.2, 0.25) is 5.91 Å². The number of anilines is 2. The maximum atomic E-state index is 12.8. The first-order chi connectivity index (χ1) is 17.2. The Hall–Kier alpha value is -4.08. The maximum absolute atomic E-state index is 12.8. The van der Waals surface area contributed by atoms with E-state index in [9.17, 15) is 19.6 Å². The molecule has 3 heterocycles. The topological polar surface area (TPSA) is 141 Å². The fourth-order valence-electron chi connectivity index (χ4n) is 3.58. The smallest absolute Gasteiger partial charge is 0.328 e. The maximum Gasteiger partial charge on any atom is 0.328 e. The highest BCUT2D eigenvalue weighted by Crippen LogP contribution is 2.23. The second-order valence-corrected chi connectivity index (χ2v) is 8.44. The quantitative estimate of drug-likeness (QED) is 0.513. The Morgan fingerprint density at radius 3 is 2.83 bits per heavy atom. The van der Waals surface area contributed by atoms with Crippen molar-refractivity contribution in [2.45, 2.75) is 19.6 Å². The third kappa shape index (κ3) is 6.53. The van der Waals surface area contributed by atoms with Crippen molar-refractivity contribution in [1.82, 2.24) is 19.8 Å². The molecule has 3 amide bonds. The van der Waals surface area contributed by atoms with Crippen LogP contribution in [0.5, 0.6) is 5.75 Å². The van der Waals surface area contributed by atoms with Gasteiger partial charge in [-0.1, -0.05) is 6.07 Å². The standard InChI is InChI=1S/C24H29N7O5/c1-16(15-35-4)36-20-9-21(26-11-18(20)10-25)28-24(34)30(3)22-6-5-17(19(14-32)27-22)12-31-8-7-29(2)13-23(31)33/h5-6,9,11,14,16H,7-8,12-13,15H2,1-4H3,(H,26,28,34)/t16-/m1/s1. The van der Waals surface area contributed by atoms with Crippen molar-refractivity contribution < 1.29 is 23.9 Å². The lowest BCUT2D eigenvalue weighted by Crippen LogP contribution is -2.48. The summed E-state index contributed by atoms with van der Waals surface area (Å²) >= 11 is 0. The first-order valence-corrected chi connectivity index (χ1v) is 11.3. The van der Waals surface area contributed by atoms with Crippen LogP contribution in [0.3, 0.4) is 0 Å². The molecular weight excluding hydrogens is 466 g/mol. The highest BCUT2D eigenvalue weighted by Gasteiger charge is 2.23. The van der Waals surface area contributed by atoms with Crippen molar-refractivity contribution in [3.05, 3.63) is 41.2 Å². The van der Waals surface area contributed by atoms with E-state index in [-0.39, 0.29) is 47.2 Å². The van der Waals surface area contributed by atoms with E-state index < -0.39 is 6.03 Å². The summed E-state index contributed by atoms with van der Waals surface area (Å²) in [5.41, 5.74) is 0.968. The van der Waals surface area contributed by atoms with Gasteiger partial charge in [0, 0.05) is 45.4 Å². The molecule has 12 heteroatoms. The van der Waals surface area contributed by atoms with Crippen LogP contribution in [0.2, 0.25) is 0 Å². The van der Waals surface area contributed by atoms with Crippen LogP contribution in [0.25, 0.3) is 0 Å². The first-order valence-electron chi connectivity index (χ1n) is 11.3. The second-order valence-electron chi connectivity index (χ2n) is 8.44. The van der Waals surface area contributed by atoms with Crippen molar-refractivity contribution >= 4 is 29.9 Å². The number of methoxy groups -OCH3 is 1. The molecule has 2 aromatic heterocycles. The van der Waals surface area contributed by atoms with Crippen LogP contribution in [0.1, 0.15) is 28.5 Å². The Balaban J connectivity index is 1.72. The van der Waals surface area contributed by atoms with Gasteiger partial charge in [0.1, 0.15) is 40.8 Å². The van der Waals surface area contributed by atoms with E-state index >= 15 is 0 Å². The van der Waals surface area contributed by atoms with Gasteiger partial charge in [0.05, 0.1) is 19.3 Å². The van der Waals surface area contributed by atoms with E-state index in [2.05, 4.69) is 15.3 Å². The summed E-state index contributed by atoms with van der Waals surface area (Å²) in [7, 11) is 4.92. The van der Waals surface area contributed by atoms with Crippen molar-refractivity contribution in [1.29, 1.82) is 5.26 Å². The highest BCUT2D eigenvalue weighted by atomic mass is 16.5. The number of nitrogens with zero attached hydrogens (tertiary/aromatic N) is 6. The molecule has 1 aliphatic rings. The molecule has 3 rings (SSSR count). The van der Waals surface area contributed by atoms with Crippen LogP contribution in [-0.4, -0.2) is 91.5 Å². The van der Waals surface area contributed by atoms with Gasteiger partial charge in [-0.2, -0.15) is 5.26 Å². The van der Waals surface area contributed by atoms with Crippen LogP contribution in [0.15, 0.2) is 24.4 Å². The third-order valence-corrected chi connectivity index (χ3v) is 5.58. The molecule has 1 fully saturated rings. The number of nitriles is 1. The molecule has 190 valence electrons. The normalized spacial score (nSPS) is 14.6. The molecule has 1 aliphatic heterocycles. The minimum atomic E-state index is -0.561. The number of aldehydes is 1. The SMILES string of the molecule is COC[C@@H](C)Oc1cc(NC(=O)N(C)c2ccc(CN3CCN(C)CC3=O)c(C=O)n2)ncc1C#N. The van der Waals surface area contributed by atoms with E-state index in [1.54, 1.807) is 31.1 Å². The number of aromatic nitrogens is 2. The Labute approximate surface area is 209 Å². The van der Waals surface area contributed by atoms with Gasteiger partial charge in [-0.05, 0) is 20.0 Å². The molecule has 0 aromatic carbocycles. The number of amides is 3. The summed E-state index contributed by atoms with van der Waals surface area (Å²) in [5, 5.41) is 11.9. The van der Waals surface area contributed by atoms with Crippen molar-refractivity contribution in [2.24, 2.45) is 0 Å². The Bertz CT molecular complexity index is 1170. The van der Waals surface area contributed by atoms with Gasteiger partial charge < -0.3 is 14.4 Å². The molecular formula is C24H29N7O5. The summed E-state index contributed by atoms with van der Waals surface area (Å²) in [6.45, 7) is 4.01. The molecule has 0 unspecified atom stereocenters. The first kappa shape index (κ1) is 26.5. The number of pyridine rings is 2. The number of ether oxygens (including phenoxy) is 2. The van der Waals surface area contributed by atoms with Crippen LogP contribution in [0.4, 0.5) is 16.4 Å². The van der Waals surface area contributed by atoms with Crippen LogP contribution >= 0.6 is 0 Å².